The van der Waals surface area contributed by atoms with Crippen molar-refractivity contribution in [1.29, 1.82) is 0 Å². The van der Waals surface area contributed by atoms with Crippen LogP contribution < -0.4 is 14.4 Å². The van der Waals surface area contributed by atoms with E-state index in [4.69, 9.17) is 9.47 Å². The van der Waals surface area contributed by atoms with Crippen LogP contribution in [0.15, 0.2) is 36.4 Å². The lowest BCUT2D eigenvalue weighted by Crippen LogP contribution is -3.16. The van der Waals surface area contributed by atoms with Crippen LogP contribution in [0.1, 0.15) is 40.7 Å². The van der Waals surface area contributed by atoms with E-state index in [-0.39, 0.29) is 17.9 Å². The maximum absolute atomic E-state index is 13.4. The van der Waals surface area contributed by atoms with E-state index in [1.165, 1.54) is 39.6 Å². The maximum Gasteiger partial charge on any atom is 0.287 e. The second kappa shape index (κ2) is 9.06. The zero-order valence-electron chi connectivity index (χ0n) is 17.9. The van der Waals surface area contributed by atoms with Gasteiger partial charge in [-0.05, 0) is 54.8 Å². The van der Waals surface area contributed by atoms with Crippen molar-refractivity contribution >= 4 is 11.8 Å². The molecule has 0 aromatic heterocycles. The summed E-state index contributed by atoms with van der Waals surface area (Å²) in [6.07, 6.45) is 3.26. The van der Waals surface area contributed by atoms with Gasteiger partial charge in [-0.2, -0.15) is 0 Å². The van der Waals surface area contributed by atoms with Gasteiger partial charge in [-0.1, -0.05) is 0 Å². The SMILES string of the molecule is COc1cc2c(cc1OC)C[NH+]([C@@H]1CCCCN(C(=O)c3ccc(F)cc3)C1=O)CC2. The molecule has 2 aliphatic rings. The Hall–Kier alpha value is -2.93. The third-order valence-electron chi connectivity index (χ3n) is 6.36. The number of benzene rings is 2. The average Bonchev–Trinajstić information content (AvgIpc) is 2.99. The lowest BCUT2D eigenvalue weighted by molar-refractivity contribution is -0.932. The van der Waals surface area contributed by atoms with Crippen LogP contribution in [0.25, 0.3) is 0 Å². The third kappa shape index (κ3) is 4.28. The zero-order chi connectivity index (χ0) is 22.0. The normalized spacial score (nSPS) is 21.3. The number of nitrogens with zero attached hydrogens (tertiary/aromatic N) is 1. The Balaban J connectivity index is 1.56. The molecule has 0 saturated carbocycles. The summed E-state index contributed by atoms with van der Waals surface area (Å²) in [4.78, 5) is 29.0. The molecule has 6 nitrogen and oxygen atoms in total. The molecule has 0 aliphatic carbocycles. The van der Waals surface area contributed by atoms with Crippen LogP contribution in [0.4, 0.5) is 4.39 Å². The number of ether oxygens (including phenoxy) is 2. The van der Waals surface area contributed by atoms with Crippen molar-refractivity contribution in [1.82, 2.24) is 4.90 Å². The van der Waals surface area contributed by atoms with Crippen LogP contribution in [-0.2, 0) is 17.8 Å². The van der Waals surface area contributed by atoms with E-state index in [1.807, 2.05) is 12.1 Å². The van der Waals surface area contributed by atoms with Gasteiger partial charge in [-0.3, -0.25) is 14.5 Å². The fourth-order valence-electron chi connectivity index (χ4n) is 4.65. The number of carbonyl (C=O) groups excluding carboxylic acids is 2. The van der Waals surface area contributed by atoms with Gasteiger partial charge >= 0.3 is 0 Å². The Kier molecular flexibility index (Phi) is 6.23. The first-order valence-corrected chi connectivity index (χ1v) is 10.7. The van der Waals surface area contributed by atoms with E-state index in [2.05, 4.69) is 0 Å². The summed E-state index contributed by atoms with van der Waals surface area (Å²) in [5.74, 6) is 0.514. The van der Waals surface area contributed by atoms with Gasteiger partial charge in [-0.15, -0.1) is 0 Å². The van der Waals surface area contributed by atoms with Gasteiger partial charge in [0.25, 0.3) is 11.8 Å². The number of likely N-dealkylation sites (tertiary alicyclic amines) is 1. The topological polar surface area (TPSA) is 60.3 Å². The van der Waals surface area contributed by atoms with Crippen LogP contribution >= 0.6 is 0 Å². The van der Waals surface area contributed by atoms with Crippen molar-refractivity contribution in [2.45, 2.75) is 38.3 Å². The molecule has 1 N–H and O–H groups in total. The summed E-state index contributed by atoms with van der Waals surface area (Å²) in [6.45, 7) is 1.92. The fraction of sp³-hybridized carbons (Fsp3) is 0.417. The molecule has 7 heteroatoms. The average molecular weight is 427 g/mol. The van der Waals surface area contributed by atoms with E-state index in [0.717, 1.165) is 37.8 Å². The van der Waals surface area contributed by atoms with Gasteiger partial charge in [0.15, 0.2) is 17.5 Å². The largest absolute Gasteiger partial charge is 0.493 e. The third-order valence-corrected chi connectivity index (χ3v) is 6.36. The summed E-state index contributed by atoms with van der Waals surface area (Å²) in [6, 6.07) is 9.12. The van der Waals surface area contributed by atoms with Crippen molar-refractivity contribution in [3.8, 4) is 11.5 Å². The first kappa shape index (κ1) is 21.3. The molecule has 2 aliphatic heterocycles. The molecule has 2 heterocycles. The van der Waals surface area contributed by atoms with Crippen LogP contribution in [0.5, 0.6) is 11.5 Å². The quantitative estimate of drug-likeness (QED) is 0.759. The smallest absolute Gasteiger partial charge is 0.287 e. The first-order chi connectivity index (χ1) is 15.0. The van der Waals surface area contributed by atoms with Crippen molar-refractivity contribution in [3.05, 3.63) is 58.9 Å². The number of fused-ring (bicyclic) bond motifs is 1. The zero-order valence-corrected chi connectivity index (χ0v) is 17.9. The summed E-state index contributed by atoms with van der Waals surface area (Å²) < 4.78 is 24.1. The Labute approximate surface area is 181 Å². The highest BCUT2D eigenvalue weighted by Crippen LogP contribution is 2.31. The number of hydrogen-bond acceptors (Lipinski definition) is 4. The van der Waals surface area contributed by atoms with Crippen molar-refractivity contribution in [2.75, 3.05) is 27.3 Å². The summed E-state index contributed by atoms with van der Waals surface area (Å²) in [5.41, 5.74) is 2.69. The maximum atomic E-state index is 13.4. The number of imide groups is 1. The number of methoxy groups -OCH3 is 2. The lowest BCUT2D eigenvalue weighted by atomic mass is 9.96. The highest BCUT2D eigenvalue weighted by Gasteiger charge is 2.39. The predicted molar refractivity (Wildman–Crippen MR) is 113 cm³/mol. The highest BCUT2D eigenvalue weighted by molar-refractivity contribution is 6.05. The van der Waals surface area contributed by atoms with Gasteiger partial charge in [0.2, 0.25) is 0 Å². The Morgan fingerprint density at radius 3 is 2.42 bits per heavy atom. The minimum absolute atomic E-state index is 0.134. The molecule has 2 aromatic carbocycles. The number of amides is 2. The molecule has 2 amide bonds. The molecule has 31 heavy (non-hydrogen) atoms. The molecular formula is C24H28FN2O4+. The van der Waals surface area contributed by atoms with Gasteiger partial charge in [0.1, 0.15) is 12.4 Å². The van der Waals surface area contributed by atoms with Crippen molar-refractivity contribution in [3.63, 3.8) is 0 Å². The molecule has 0 bridgehead atoms. The van der Waals surface area contributed by atoms with Gasteiger partial charge in [-0.25, -0.2) is 4.39 Å². The standard InChI is InChI=1S/C24H27FN2O4/c1-30-21-13-17-10-12-26(15-18(17)14-22(21)31-2)20-5-3-4-11-27(24(20)29)23(28)16-6-8-19(25)9-7-16/h6-9,13-14,20H,3-5,10-12,15H2,1-2H3/p+1/t20-/m1/s1. The Morgan fingerprint density at radius 1 is 1.06 bits per heavy atom. The minimum Gasteiger partial charge on any atom is -0.493 e. The Morgan fingerprint density at radius 2 is 1.74 bits per heavy atom. The Bertz CT molecular complexity index is 976. The molecule has 1 fully saturated rings. The number of rotatable bonds is 4. The van der Waals surface area contributed by atoms with Crippen LogP contribution in [0.3, 0.4) is 0 Å². The van der Waals surface area contributed by atoms with E-state index >= 15 is 0 Å². The van der Waals surface area contributed by atoms with Crippen LogP contribution in [0, 0.1) is 5.82 Å². The van der Waals surface area contributed by atoms with Crippen molar-refractivity contribution in [2.24, 2.45) is 0 Å². The van der Waals surface area contributed by atoms with E-state index in [0.29, 0.717) is 30.2 Å². The second-order valence-electron chi connectivity index (χ2n) is 8.16. The van der Waals surface area contributed by atoms with Gasteiger partial charge in [0.05, 0.1) is 20.8 Å². The van der Waals surface area contributed by atoms with Crippen LogP contribution in [0.2, 0.25) is 0 Å². The van der Waals surface area contributed by atoms with E-state index in [9.17, 15) is 14.0 Å². The lowest BCUT2D eigenvalue weighted by Gasteiger charge is -2.33. The summed E-state index contributed by atoms with van der Waals surface area (Å²) >= 11 is 0. The fourth-order valence-corrected chi connectivity index (χ4v) is 4.65. The number of halogens is 1. The molecule has 1 unspecified atom stereocenters. The molecule has 4 rings (SSSR count). The number of nitrogens with one attached hydrogen (secondary N) is 1. The molecule has 0 radical (unpaired) electrons. The monoisotopic (exact) mass is 427 g/mol. The number of hydrogen-bond donors (Lipinski definition) is 1. The van der Waals surface area contributed by atoms with E-state index in [1.54, 1.807) is 14.2 Å². The molecule has 0 spiro atoms. The highest BCUT2D eigenvalue weighted by atomic mass is 19.1. The van der Waals surface area contributed by atoms with Gasteiger partial charge in [0, 0.05) is 30.5 Å². The molecule has 2 atom stereocenters. The minimum atomic E-state index is -0.403. The number of quaternary nitrogens is 1. The number of carbonyl (C=O) groups is 2. The van der Waals surface area contributed by atoms with E-state index < -0.39 is 5.82 Å². The molecular weight excluding hydrogens is 399 g/mol. The summed E-state index contributed by atoms with van der Waals surface area (Å²) in [7, 11) is 3.24. The van der Waals surface area contributed by atoms with Crippen molar-refractivity contribution < 1.29 is 28.4 Å². The molecule has 2 aromatic rings. The summed E-state index contributed by atoms with van der Waals surface area (Å²) in [5, 5.41) is 0. The van der Waals surface area contributed by atoms with Gasteiger partial charge < -0.3 is 14.4 Å². The molecule has 164 valence electrons. The second-order valence-corrected chi connectivity index (χ2v) is 8.16. The van der Waals surface area contributed by atoms with Crippen LogP contribution in [-0.4, -0.2) is 50.1 Å². The first-order valence-electron chi connectivity index (χ1n) is 10.7. The predicted octanol–water partition coefficient (Wildman–Crippen LogP) is 2.01. The molecule has 1 saturated heterocycles.